The zero-order chi connectivity index (χ0) is 17.6. The van der Waals surface area contributed by atoms with Crippen molar-refractivity contribution >= 4 is 34.6 Å². The number of benzene rings is 2. The number of carbonyl (C=O) groups excluding carboxylic acids is 2. The maximum absolute atomic E-state index is 12.6. The summed E-state index contributed by atoms with van der Waals surface area (Å²) >= 11 is 0. The molecule has 0 radical (unpaired) electrons. The molecule has 2 aliphatic heterocycles. The summed E-state index contributed by atoms with van der Waals surface area (Å²) in [5.41, 5.74) is 1.25. The lowest BCUT2D eigenvalue weighted by atomic mass is 10.1. The van der Waals surface area contributed by atoms with E-state index in [2.05, 4.69) is 5.10 Å². The summed E-state index contributed by atoms with van der Waals surface area (Å²) in [7, 11) is 0. The van der Waals surface area contributed by atoms with Crippen molar-refractivity contribution in [3.63, 3.8) is 0 Å². The Labute approximate surface area is 142 Å². The summed E-state index contributed by atoms with van der Waals surface area (Å²) in [6.45, 7) is 0.240. The minimum absolute atomic E-state index is 0.0745. The summed E-state index contributed by atoms with van der Waals surface area (Å²) < 4.78 is 0. The molecule has 1 fully saturated rings. The van der Waals surface area contributed by atoms with Crippen molar-refractivity contribution in [2.45, 2.75) is 0 Å². The number of non-ortho nitro benzene ring substituents is 1. The molecular formula is C17H12N4O4. The lowest BCUT2D eigenvalue weighted by Gasteiger charge is -2.18. The highest BCUT2D eigenvalue weighted by molar-refractivity contribution is 6.52. The van der Waals surface area contributed by atoms with Crippen LogP contribution in [0.25, 0.3) is 0 Å². The Morgan fingerprint density at radius 2 is 1.68 bits per heavy atom. The number of carbonyl (C=O) groups is 2. The van der Waals surface area contributed by atoms with Gasteiger partial charge < -0.3 is 4.90 Å². The van der Waals surface area contributed by atoms with Crippen LogP contribution in [-0.4, -0.2) is 29.0 Å². The van der Waals surface area contributed by atoms with E-state index in [-0.39, 0.29) is 29.8 Å². The quantitative estimate of drug-likeness (QED) is 0.632. The van der Waals surface area contributed by atoms with Gasteiger partial charge in [-0.1, -0.05) is 18.2 Å². The van der Waals surface area contributed by atoms with Crippen molar-refractivity contribution in [3.8, 4) is 0 Å². The molecule has 0 aliphatic carbocycles. The molecule has 4 rings (SSSR count). The molecule has 25 heavy (non-hydrogen) atoms. The van der Waals surface area contributed by atoms with E-state index in [1.165, 1.54) is 29.2 Å². The number of anilines is 2. The predicted molar refractivity (Wildman–Crippen MR) is 90.3 cm³/mol. The maximum atomic E-state index is 12.6. The minimum Gasteiger partial charge on any atom is -0.306 e. The van der Waals surface area contributed by atoms with E-state index in [9.17, 15) is 19.7 Å². The fourth-order valence-electron chi connectivity index (χ4n) is 2.98. The van der Waals surface area contributed by atoms with Gasteiger partial charge in [0.1, 0.15) is 11.6 Å². The van der Waals surface area contributed by atoms with Gasteiger partial charge in [-0.2, -0.15) is 10.1 Å². The molecule has 2 heterocycles. The van der Waals surface area contributed by atoms with Gasteiger partial charge in [-0.15, -0.1) is 0 Å². The van der Waals surface area contributed by atoms with Crippen LogP contribution in [0.4, 0.5) is 17.1 Å². The van der Waals surface area contributed by atoms with E-state index in [0.29, 0.717) is 5.69 Å². The van der Waals surface area contributed by atoms with E-state index in [1.807, 2.05) is 18.2 Å². The summed E-state index contributed by atoms with van der Waals surface area (Å²) in [6.07, 6.45) is 0. The number of nitrogens with zero attached hydrogens (tertiary/aromatic N) is 4. The maximum Gasteiger partial charge on any atom is 0.275 e. The van der Waals surface area contributed by atoms with Crippen LogP contribution in [0.2, 0.25) is 0 Å². The molecule has 8 heteroatoms. The molecule has 2 amide bonds. The molecule has 0 N–H and O–H groups in total. The van der Waals surface area contributed by atoms with Crippen LogP contribution in [0, 0.1) is 16.0 Å². The van der Waals surface area contributed by atoms with Crippen LogP contribution < -0.4 is 9.91 Å². The first-order chi connectivity index (χ1) is 12.1. The van der Waals surface area contributed by atoms with Gasteiger partial charge in [0.25, 0.3) is 17.5 Å². The Hall–Kier alpha value is -3.55. The predicted octanol–water partition coefficient (Wildman–Crippen LogP) is 1.96. The van der Waals surface area contributed by atoms with Crippen LogP contribution >= 0.6 is 0 Å². The molecule has 2 aliphatic rings. The zero-order valence-corrected chi connectivity index (χ0v) is 12.9. The molecule has 124 valence electrons. The zero-order valence-electron chi connectivity index (χ0n) is 12.9. The van der Waals surface area contributed by atoms with Gasteiger partial charge in [0.15, 0.2) is 0 Å². The van der Waals surface area contributed by atoms with Crippen molar-refractivity contribution in [3.05, 3.63) is 64.7 Å². The molecule has 0 saturated carbocycles. The van der Waals surface area contributed by atoms with Gasteiger partial charge in [0.2, 0.25) is 0 Å². The number of hydrazone groups is 1. The van der Waals surface area contributed by atoms with E-state index in [4.69, 9.17) is 0 Å². The first kappa shape index (κ1) is 15.0. The van der Waals surface area contributed by atoms with Gasteiger partial charge in [-0.05, 0) is 24.3 Å². The lowest BCUT2D eigenvalue weighted by molar-refractivity contribution is -0.384. The van der Waals surface area contributed by atoms with Crippen molar-refractivity contribution in [1.29, 1.82) is 0 Å². The number of nitro groups is 1. The number of nitro benzene ring substituents is 1. The van der Waals surface area contributed by atoms with Crippen LogP contribution in [0.1, 0.15) is 0 Å². The van der Waals surface area contributed by atoms with Crippen molar-refractivity contribution in [1.82, 2.24) is 0 Å². The van der Waals surface area contributed by atoms with Gasteiger partial charge in [-0.3, -0.25) is 19.7 Å². The molecular weight excluding hydrogens is 324 g/mol. The second kappa shape index (κ2) is 5.52. The smallest absolute Gasteiger partial charge is 0.275 e. The van der Waals surface area contributed by atoms with Crippen molar-refractivity contribution in [2.24, 2.45) is 11.0 Å². The fraction of sp³-hybridized carbons (Fsp3) is 0.118. The Morgan fingerprint density at radius 1 is 1.00 bits per heavy atom. The number of hydrogen-bond donors (Lipinski definition) is 0. The van der Waals surface area contributed by atoms with Gasteiger partial charge >= 0.3 is 0 Å². The first-order valence-electron chi connectivity index (χ1n) is 7.60. The highest BCUT2D eigenvalue weighted by atomic mass is 16.6. The second-order valence-corrected chi connectivity index (χ2v) is 5.71. The number of hydrogen-bond acceptors (Lipinski definition) is 5. The highest BCUT2D eigenvalue weighted by Crippen LogP contribution is 2.32. The van der Waals surface area contributed by atoms with Gasteiger partial charge in [-0.25, -0.2) is 0 Å². The Balaban J connectivity index is 1.63. The minimum atomic E-state index is -0.622. The number of para-hydroxylation sites is 1. The van der Waals surface area contributed by atoms with Crippen LogP contribution in [-0.2, 0) is 9.59 Å². The van der Waals surface area contributed by atoms with Gasteiger partial charge in [0.05, 0.1) is 10.6 Å². The Kier molecular flexibility index (Phi) is 3.31. The molecule has 1 saturated heterocycles. The lowest BCUT2D eigenvalue weighted by Crippen LogP contribution is -2.31. The summed E-state index contributed by atoms with van der Waals surface area (Å²) in [6, 6.07) is 14.6. The fourth-order valence-corrected chi connectivity index (χ4v) is 2.98. The van der Waals surface area contributed by atoms with Crippen molar-refractivity contribution < 1.29 is 14.5 Å². The van der Waals surface area contributed by atoms with Gasteiger partial charge in [0, 0.05) is 24.4 Å². The molecule has 0 spiro atoms. The Morgan fingerprint density at radius 3 is 2.28 bits per heavy atom. The van der Waals surface area contributed by atoms with Crippen LogP contribution in [0.3, 0.4) is 0 Å². The van der Waals surface area contributed by atoms with E-state index in [1.54, 1.807) is 12.1 Å². The molecule has 0 bridgehead atoms. The standard InChI is InChI=1S/C17H12N4O4/c22-16-14-10-19(11-4-2-1-3-5-11)17(23)15(14)18-20(16)12-6-8-13(9-7-12)21(24)25/h1-9,14H,10H2. The summed E-state index contributed by atoms with van der Waals surface area (Å²) in [5.74, 6) is -1.23. The summed E-state index contributed by atoms with van der Waals surface area (Å²) in [5, 5.41) is 16.0. The molecule has 1 unspecified atom stereocenters. The SMILES string of the molecule is O=C1C2=NN(c3ccc([N+](=O)[O-])cc3)C(=O)C2CN1c1ccccc1. The monoisotopic (exact) mass is 336 g/mol. The molecule has 2 aromatic rings. The average molecular weight is 336 g/mol. The molecule has 0 aromatic heterocycles. The van der Waals surface area contributed by atoms with Crippen LogP contribution in [0.15, 0.2) is 59.7 Å². The number of fused-ring (bicyclic) bond motifs is 1. The normalized spacial score (nSPS) is 19.2. The highest BCUT2D eigenvalue weighted by Gasteiger charge is 2.48. The topological polar surface area (TPSA) is 96.1 Å². The first-order valence-corrected chi connectivity index (χ1v) is 7.60. The third-order valence-corrected chi connectivity index (χ3v) is 4.25. The van der Waals surface area contributed by atoms with E-state index in [0.717, 1.165) is 10.7 Å². The Bertz CT molecular complexity index is 908. The third kappa shape index (κ3) is 2.35. The van der Waals surface area contributed by atoms with E-state index < -0.39 is 10.8 Å². The third-order valence-electron chi connectivity index (χ3n) is 4.25. The largest absolute Gasteiger partial charge is 0.306 e. The molecule has 1 atom stereocenters. The number of amides is 2. The number of rotatable bonds is 3. The average Bonchev–Trinajstić information content (AvgIpc) is 3.13. The van der Waals surface area contributed by atoms with Crippen molar-refractivity contribution in [2.75, 3.05) is 16.5 Å². The van der Waals surface area contributed by atoms with Crippen LogP contribution in [0.5, 0.6) is 0 Å². The second-order valence-electron chi connectivity index (χ2n) is 5.71. The molecule has 2 aromatic carbocycles. The molecule has 8 nitrogen and oxygen atoms in total. The van der Waals surface area contributed by atoms with E-state index >= 15 is 0 Å². The summed E-state index contributed by atoms with van der Waals surface area (Å²) in [4.78, 5) is 36.9.